The van der Waals surface area contributed by atoms with E-state index in [4.69, 9.17) is 11.5 Å². The normalized spacial score (nSPS) is 10.1. The third-order valence-electron chi connectivity index (χ3n) is 4.07. The van der Waals surface area contributed by atoms with E-state index in [-0.39, 0.29) is 4.70 Å². The lowest BCUT2D eigenvalue weighted by molar-refractivity contribution is 1.11. The van der Waals surface area contributed by atoms with E-state index in [0.717, 1.165) is 11.1 Å². The van der Waals surface area contributed by atoms with Gasteiger partial charge in [-0.15, -0.1) is 0 Å². The zero-order chi connectivity index (χ0) is 18.2. The molecule has 0 aliphatic rings. The highest BCUT2D eigenvalue weighted by Gasteiger charge is 1.98. The lowest BCUT2D eigenvalue weighted by Gasteiger charge is -2.03. The van der Waals surface area contributed by atoms with E-state index in [9.17, 15) is 0 Å². The van der Waals surface area contributed by atoms with Crippen LogP contribution < -0.4 is 11.5 Å². The van der Waals surface area contributed by atoms with Crippen molar-refractivity contribution in [2.45, 2.75) is 0 Å². The molecule has 0 aliphatic heterocycles. The summed E-state index contributed by atoms with van der Waals surface area (Å²) in [6, 6.07) is 32.3. The predicted molar refractivity (Wildman–Crippen MR) is 117 cm³/mol. The van der Waals surface area contributed by atoms with Gasteiger partial charge in [-0.25, -0.2) is 0 Å². The molecule has 0 atom stereocenters. The predicted octanol–water partition coefficient (Wildman–Crippen LogP) is 6.01. The minimum atomic E-state index is 0. The summed E-state index contributed by atoms with van der Waals surface area (Å²) in [6.07, 6.45) is 3.95. The van der Waals surface area contributed by atoms with E-state index in [1.165, 1.54) is 10.8 Å². The van der Waals surface area contributed by atoms with Crippen LogP contribution in [0, 0.1) is 0 Å². The van der Waals surface area contributed by atoms with Crippen LogP contribution in [0.3, 0.4) is 0 Å². The fourth-order valence-electron chi connectivity index (χ4n) is 2.67. The Morgan fingerprint density at radius 2 is 0.926 bits per heavy atom. The number of anilines is 2. The summed E-state index contributed by atoms with van der Waals surface area (Å²) in [6.45, 7) is 0. The van der Waals surface area contributed by atoms with Gasteiger partial charge in [-0.3, -0.25) is 4.70 Å². The summed E-state index contributed by atoms with van der Waals surface area (Å²) in [5, 5.41) is 2.62. The molecule has 0 spiro atoms. The Labute approximate surface area is 159 Å². The van der Waals surface area contributed by atoms with Crippen molar-refractivity contribution in [1.29, 1.82) is 0 Å². The van der Waals surface area contributed by atoms with Crippen molar-refractivity contribution in [2.24, 2.45) is 0 Å². The summed E-state index contributed by atoms with van der Waals surface area (Å²) in [7, 11) is 0. The molecule has 136 valence electrons. The Kier molecular flexibility index (Phi) is 7.15. The molecule has 4 N–H and O–H groups in total. The molecular weight excluding hydrogens is 335 g/mol. The van der Waals surface area contributed by atoms with E-state index < -0.39 is 0 Å². The van der Waals surface area contributed by atoms with Crippen LogP contribution in [-0.4, -0.2) is 0 Å². The van der Waals surface area contributed by atoms with Crippen LogP contribution in [0.4, 0.5) is 16.1 Å². The molecule has 0 saturated heterocycles. The Hall–Kier alpha value is -3.59. The van der Waals surface area contributed by atoms with Crippen LogP contribution in [0.25, 0.3) is 22.9 Å². The second-order valence-electron chi connectivity index (χ2n) is 5.94. The van der Waals surface area contributed by atoms with Crippen LogP contribution in [0.15, 0.2) is 97.1 Å². The number of hydrogen-bond acceptors (Lipinski definition) is 2. The van der Waals surface area contributed by atoms with E-state index in [0.29, 0.717) is 11.4 Å². The first-order valence-corrected chi connectivity index (χ1v) is 8.55. The third-order valence-corrected chi connectivity index (χ3v) is 4.07. The second kappa shape index (κ2) is 9.78. The lowest BCUT2D eigenvalue weighted by Crippen LogP contribution is -1.94. The minimum Gasteiger partial charge on any atom is -0.398 e. The summed E-state index contributed by atoms with van der Waals surface area (Å²) in [5.41, 5.74) is 15.1. The molecule has 0 saturated carbocycles. The highest BCUT2D eigenvalue weighted by atomic mass is 19.0. The standard InChI is InChI=1S/C14H14N2.C10H8.FH/c15-13-7-4-8-14(16)12(13)10-9-11-5-2-1-3-6-11;1-2-6-10-8-4-3-7-9(10)5-1;/h1-10H,15-16H2;1-8H;1H. The van der Waals surface area contributed by atoms with Crippen molar-refractivity contribution in [2.75, 3.05) is 11.5 Å². The smallest absolute Gasteiger partial charge is 0.0408 e. The Balaban J connectivity index is 0.000000205. The second-order valence-corrected chi connectivity index (χ2v) is 5.94. The maximum absolute atomic E-state index is 5.85. The molecule has 0 aromatic heterocycles. The summed E-state index contributed by atoms with van der Waals surface area (Å²) >= 11 is 0. The molecule has 4 aromatic rings. The molecule has 0 amide bonds. The molecule has 27 heavy (non-hydrogen) atoms. The molecule has 4 aromatic carbocycles. The van der Waals surface area contributed by atoms with Gasteiger partial charge in [0, 0.05) is 16.9 Å². The Bertz CT molecular complexity index is 925. The van der Waals surface area contributed by atoms with Gasteiger partial charge in [0.1, 0.15) is 0 Å². The van der Waals surface area contributed by atoms with Gasteiger partial charge in [-0.2, -0.15) is 0 Å². The summed E-state index contributed by atoms with van der Waals surface area (Å²) in [4.78, 5) is 0. The number of nitrogen functional groups attached to an aromatic ring is 2. The van der Waals surface area contributed by atoms with Gasteiger partial charge in [0.25, 0.3) is 0 Å². The van der Waals surface area contributed by atoms with E-state index in [2.05, 4.69) is 48.5 Å². The minimum absolute atomic E-state index is 0. The molecule has 2 nitrogen and oxygen atoms in total. The number of nitrogens with two attached hydrogens (primary N) is 2. The fourth-order valence-corrected chi connectivity index (χ4v) is 2.67. The van der Waals surface area contributed by atoms with Crippen LogP contribution in [-0.2, 0) is 0 Å². The van der Waals surface area contributed by atoms with Gasteiger partial charge in [0.05, 0.1) is 0 Å². The van der Waals surface area contributed by atoms with E-state index in [1.54, 1.807) is 0 Å². The molecule has 0 radical (unpaired) electrons. The largest absolute Gasteiger partial charge is 0.398 e. The summed E-state index contributed by atoms with van der Waals surface area (Å²) in [5.74, 6) is 0. The molecule has 0 bridgehead atoms. The number of hydrogen-bond donors (Lipinski definition) is 2. The zero-order valence-corrected chi connectivity index (χ0v) is 15.0. The SMILES string of the molecule is F.Nc1cccc(N)c1C=Cc1ccccc1.c1ccc2ccccc2c1. The van der Waals surface area contributed by atoms with Gasteiger partial charge in [-0.05, 0) is 28.5 Å². The molecular formula is C24H23FN2. The lowest BCUT2D eigenvalue weighted by atomic mass is 10.1. The monoisotopic (exact) mass is 358 g/mol. The van der Waals surface area contributed by atoms with Crippen molar-refractivity contribution in [3.63, 3.8) is 0 Å². The third kappa shape index (κ3) is 5.44. The zero-order valence-electron chi connectivity index (χ0n) is 15.0. The van der Waals surface area contributed by atoms with Gasteiger partial charge >= 0.3 is 0 Å². The number of fused-ring (bicyclic) bond motifs is 1. The quantitative estimate of drug-likeness (QED) is 0.340. The molecule has 4 rings (SSSR count). The molecule has 0 aliphatic carbocycles. The first-order valence-electron chi connectivity index (χ1n) is 8.55. The average Bonchev–Trinajstić information content (AvgIpc) is 2.69. The van der Waals surface area contributed by atoms with Crippen molar-refractivity contribution >= 4 is 34.3 Å². The van der Waals surface area contributed by atoms with E-state index >= 15 is 0 Å². The maximum Gasteiger partial charge on any atom is 0.0408 e. The van der Waals surface area contributed by atoms with Gasteiger partial charge in [0.15, 0.2) is 0 Å². The van der Waals surface area contributed by atoms with Gasteiger partial charge < -0.3 is 11.5 Å². The molecule has 3 heteroatoms. The van der Waals surface area contributed by atoms with Gasteiger partial charge in [-0.1, -0.05) is 97.1 Å². The van der Waals surface area contributed by atoms with Crippen molar-refractivity contribution < 1.29 is 4.70 Å². The number of halogens is 1. The Morgan fingerprint density at radius 1 is 0.481 bits per heavy atom. The first-order chi connectivity index (χ1) is 12.7. The molecule has 0 fully saturated rings. The topological polar surface area (TPSA) is 52.0 Å². The van der Waals surface area contributed by atoms with Crippen molar-refractivity contribution in [1.82, 2.24) is 0 Å². The van der Waals surface area contributed by atoms with Crippen LogP contribution >= 0.6 is 0 Å². The van der Waals surface area contributed by atoms with E-state index in [1.807, 2.05) is 60.7 Å². The first kappa shape index (κ1) is 19.7. The van der Waals surface area contributed by atoms with Crippen molar-refractivity contribution in [3.8, 4) is 0 Å². The summed E-state index contributed by atoms with van der Waals surface area (Å²) < 4.78 is 0. The van der Waals surface area contributed by atoms with Crippen LogP contribution in [0.5, 0.6) is 0 Å². The van der Waals surface area contributed by atoms with Crippen molar-refractivity contribution in [3.05, 3.63) is 108 Å². The molecule has 0 unspecified atom stereocenters. The van der Waals surface area contributed by atoms with Crippen LogP contribution in [0.2, 0.25) is 0 Å². The Morgan fingerprint density at radius 3 is 1.41 bits per heavy atom. The average molecular weight is 358 g/mol. The maximum atomic E-state index is 5.85. The number of rotatable bonds is 2. The van der Waals surface area contributed by atoms with Gasteiger partial charge in [0.2, 0.25) is 0 Å². The number of benzene rings is 4. The highest BCUT2D eigenvalue weighted by Crippen LogP contribution is 2.21. The van der Waals surface area contributed by atoms with Crippen LogP contribution in [0.1, 0.15) is 11.1 Å². The highest BCUT2D eigenvalue weighted by molar-refractivity contribution is 5.83. The fraction of sp³-hybridized carbons (Fsp3) is 0. The molecule has 0 heterocycles.